The Labute approximate surface area is 146 Å². The molecule has 3 N–H and O–H groups in total. The van der Waals surface area contributed by atoms with E-state index in [1.807, 2.05) is 0 Å². The number of sulfonamides is 1. The molecule has 8 heteroatoms. The summed E-state index contributed by atoms with van der Waals surface area (Å²) < 4.78 is 43.8. The summed E-state index contributed by atoms with van der Waals surface area (Å²) in [6.07, 6.45) is 1.54. The first-order valence-electron chi connectivity index (χ1n) is 7.41. The van der Waals surface area contributed by atoms with E-state index in [0.717, 1.165) is 0 Å². The van der Waals surface area contributed by atoms with Crippen molar-refractivity contribution in [1.29, 1.82) is 0 Å². The number of anilines is 2. The largest absolute Gasteiger partial charge is 0.493 e. The predicted octanol–water partition coefficient (Wildman–Crippen LogP) is 2.46. The molecule has 0 saturated heterocycles. The monoisotopic (exact) mass is 362 g/mol. The van der Waals surface area contributed by atoms with Gasteiger partial charge in [0.2, 0.25) is 0 Å². The number of benzene rings is 2. The van der Waals surface area contributed by atoms with E-state index in [0.29, 0.717) is 34.2 Å². The minimum Gasteiger partial charge on any atom is -0.493 e. The van der Waals surface area contributed by atoms with Gasteiger partial charge in [0.05, 0.1) is 25.6 Å². The number of rotatable bonds is 5. The van der Waals surface area contributed by atoms with Crippen LogP contribution in [0.4, 0.5) is 11.4 Å². The van der Waals surface area contributed by atoms with Gasteiger partial charge in [0.15, 0.2) is 11.5 Å². The number of nitrogens with two attached hydrogens (primary N) is 1. The Balaban J connectivity index is 1.96. The second-order valence-electron chi connectivity index (χ2n) is 5.34. The SMILES string of the molecule is COc1cc2c(cc1OC)OCC(S(=O)(=O)Nc1ccccc1N)=C2. The second-order valence-corrected chi connectivity index (χ2v) is 7.07. The maximum atomic E-state index is 12.6. The zero-order chi connectivity index (χ0) is 18.0. The van der Waals surface area contributed by atoms with Gasteiger partial charge in [-0.05, 0) is 24.3 Å². The standard InChI is InChI=1S/C17H18N2O5S/c1-22-16-8-11-7-12(10-24-15(11)9-17(16)23-2)25(20,21)19-14-6-4-3-5-13(14)18/h3-9,19H,10,18H2,1-2H3. The molecule has 2 aromatic carbocycles. The second kappa shape index (κ2) is 6.56. The Kier molecular flexibility index (Phi) is 4.45. The van der Waals surface area contributed by atoms with Crippen molar-refractivity contribution >= 4 is 27.5 Å². The first-order chi connectivity index (χ1) is 11.9. The van der Waals surface area contributed by atoms with Crippen molar-refractivity contribution in [2.75, 3.05) is 31.3 Å². The van der Waals surface area contributed by atoms with Crippen LogP contribution >= 0.6 is 0 Å². The van der Waals surface area contributed by atoms with Crippen molar-refractivity contribution in [2.24, 2.45) is 0 Å². The number of fused-ring (bicyclic) bond motifs is 1. The fraction of sp³-hybridized carbons (Fsp3) is 0.176. The van der Waals surface area contributed by atoms with Crippen molar-refractivity contribution in [1.82, 2.24) is 0 Å². The molecule has 132 valence electrons. The van der Waals surface area contributed by atoms with Crippen molar-refractivity contribution in [2.45, 2.75) is 0 Å². The fourth-order valence-electron chi connectivity index (χ4n) is 2.43. The highest BCUT2D eigenvalue weighted by Gasteiger charge is 2.25. The van der Waals surface area contributed by atoms with Gasteiger partial charge in [-0.3, -0.25) is 4.72 Å². The van der Waals surface area contributed by atoms with Crippen LogP contribution in [0.2, 0.25) is 0 Å². The molecule has 0 bridgehead atoms. The summed E-state index contributed by atoms with van der Waals surface area (Å²) in [6.45, 7) is -0.0927. The highest BCUT2D eigenvalue weighted by atomic mass is 32.2. The molecule has 0 amide bonds. The van der Waals surface area contributed by atoms with E-state index in [9.17, 15) is 8.42 Å². The lowest BCUT2D eigenvalue weighted by Gasteiger charge is -2.20. The molecule has 1 heterocycles. The third-order valence-corrected chi connectivity index (χ3v) is 5.17. The number of hydrogen-bond donors (Lipinski definition) is 2. The molecule has 1 aliphatic rings. The van der Waals surface area contributed by atoms with Gasteiger partial charge in [-0.25, -0.2) is 8.42 Å². The van der Waals surface area contributed by atoms with E-state index in [2.05, 4.69) is 4.72 Å². The summed E-state index contributed by atoms with van der Waals surface area (Å²) in [5, 5.41) is 0. The molecule has 7 nitrogen and oxygen atoms in total. The maximum Gasteiger partial charge on any atom is 0.261 e. The van der Waals surface area contributed by atoms with E-state index in [4.69, 9.17) is 19.9 Å². The molecule has 1 aliphatic heterocycles. The number of nitrogens with one attached hydrogen (secondary N) is 1. The molecular weight excluding hydrogens is 344 g/mol. The minimum absolute atomic E-state index is 0.0927. The first-order valence-corrected chi connectivity index (χ1v) is 8.89. The summed E-state index contributed by atoms with van der Waals surface area (Å²) >= 11 is 0. The number of methoxy groups -OCH3 is 2. The van der Waals surface area contributed by atoms with E-state index in [1.165, 1.54) is 14.2 Å². The molecule has 25 heavy (non-hydrogen) atoms. The van der Waals surface area contributed by atoms with Crippen LogP contribution in [0.5, 0.6) is 17.2 Å². The average Bonchev–Trinajstić information content (AvgIpc) is 2.61. The van der Waals surface area contributed by atoms with Gasteiger partial charge in [-0.2, -0.15) is 0 Å². The topological polar surface area (TPSA) is 99.9 Å². The van der Waals surface area contributed by atoms with Gasteiger partial charge in [0, 0.05) is 11.6 Å². The van der Waals surface area contributed by atoms with E-state index in [-0.39, 0.29) is 11.5 Å². The van der Waals surface area contributed by atoms with Crippen LogP contribution in [0.15, 0.2) is 41.3 Å². The molecule has 0 fully saturated rings. The van der Waals surface area contributed by atoms with Crippen LogP contribution in [0.1, 0.15) is 5.56 Å². The summed E-state index contributed by atoms with van der Waals surface area (Å²) in [7, 11) is -0.773. The zero-order valence-electron chi connectivity index (χ0n) is 13.8. The summed E-state index contributed by atoms with van der Waals surface area (Å²) in [4.78, 5) is 0.0930. The lowest BCUT2D eigenvalue weighted by molar-refractivity contribution is 0.334. The quantitative estimate of drug-likeness (QED) is 0.793. The van der Waals surface area contributed by atoms with Crippen molar-refractivity contribution in [3.05, 3.63) is 46.9 Å². The Hall–Kier alpha value is -2.87. The summed E-state index contributed by atoms with van der Waals surface area (Å²) in [6, 6.07) is 9.98. The molecule has 0 aromatic heterocycles. The molecule has 0 atom stereocenters. The van der Waals surface area contributed by atoms with Crippen LogP contribution < -0.4 is 24.7 Å². The van der Waals surface area contributed by atoms with E-state index >= 15 is 0 Å². The van der Waals surface area contributed by atoms with E-state index in [1.54, 1.807) is 42.5 Å². The average molecular weight is 362 g/mol. The molecule has 0 unspecified atom stereocenters. The van der Waals surface area contributed by atoms with Gasteiger partial charge in [0.1, 0.15) is 17.3 Å². The van der Waals surface area contributed by atoms with Crippen LogP contribution in [0.25, 0.3) is 6.08 Å². The Morgan fingerprint density at radius 2 is 1.80 bits per heavy atom. The van der Waals surface area contributed by atoms with Gasteiger partial charge in [-0.15, -0.1) is 0 Å². The van der Waals surface area contributed by atoms with Crippen LogP contribution in [0.3, 0.4) is 0 Å². The number of para-hydroxylation sites is 2. The minimum atomic E-state index is -3.80. The van der Waals surface area contributed by atoms with Crippen molar-refractivity contribution in [3.63, 3.8) is 0 Å². The molecule has 0 aliphatic carbocycles. The fourth-order valence-corrected chi connectivity index (χ4v) is 3.54. The normalized spacial score (nSPS) is 13.3. The third-order valence-electron chi connectivity index (χ3n) is 3.75. The smallest absolute Gasteiger partial charge is 0.261 e. The van der Waals surface area contributed by atoms with Crippen LogP contribution in [-0.2, 0) is 10.0 Å². The Bertz CT molecular complexity index is 938. The molecule has 3 rings (SSSR count). The highest BCUT2D eigenvalue weighted by Crippen LogP contribution is 2.38. The van der Waals surface area contributed by atoms with Gasteiger partial charge < -0.3 is 19.9 Å². The molecule has 0 saturated carbocycles. The maximum absolute atomic E-state index is 12.6. The number of ether oxygens (including phenoxy) is 3. The van der Waals surface area contributed by atoms with Crippen LogP contribution in [0, 0.1) is 0 Å². The van der Waals surface area contributed by atoms with Gasteiger partial charge in [-0.1, -0.05) is 12.1 Å². The van der Waals surface area contributed by atoms with Gasteiger partial charge in [0.25, 0.3) is 10.0 Å². The van der Waals surface area contributed by atoms with Crippen molar-refractivity contribution < 1.29 is 22.6 Å². The molecular formula is C17H18N2O5S. The van der Waals surface area contributed by atoms with Crippen molar-refractivity contribution in [3.8, 4) is 17.2 Å². The summed E-state index contributed by atoms with van der Waals surface area (Å²) in [5.74, 6) is 1.52. The molecule has 0 radical (unpaired) electrons. The van der Waals surface area contributed by atoms with Crippen LogP contribution in [-0.4, -0.2) is 29.2 Å². The third kappa shape index (κ3) is 3.34. The predicted molar refractivity (Wildman–Crippen MR) is 96.4 cm³/mol. The number of hydrogen-bond acceptors (Lipinski definition) is 6. The lowest BCUT2D eigenvalue weighted by atomic mass is 10.1. The van der Waals surface area contributed by atoms with E-state index < -0.39 is 10.0 Å². The van der Waals surface area contributed by atoms with Gasteiger partial charge >= 0.3 is 0 Å². The molecule has 2 aromatic rings. The number of nitrogen functional groups attached to an aromatic ring is 1. The highest BCUT2D eigenvalue weighted by molar-refractivity contribution is 7.96. The lowest BCUT2D eigenvalue weighted by Crippen LogP contribution is -2.22. The first kappa shape index (κ1) is 17.0. The molecule has 0 spiro atoms. The Morgan fingerprint density at radius 1 is 1.12 bits per heavy atom. The zero-order valence-corrected chi connectivity index (χ0v) is 14.6. The summed E-state index contributed by atoms with van der Waals surface area (Å²) in [5.41, 5.74) is 7.05. The Morgan fingerprint density at radius 3 is 2.48 bits per heavy atom.